The second kappa shape index (κ2) is 5.50. The van der Waals surface area contributed by atoms with E-state index in [1.807, 2.05) is 12.3 Å². The summed E-state index contributed by atoms with van der Waals surface area (Å²) in [7, 11) is -3.88. The van der Waals surface area contributed by atoms with Gasteiger partial charge in [-0.05, 0) is 18.4 Å². The number of hydrogen-bond acceptors (Lipinski definition) is 4. The Morgan fingerprint density at radius 1 is 1.21 bits per heavy atom. The van der Waals surface area contributed by atoms with Crippen LogP contribution in [0.5, 0.6) is 0 Å². The molecule has 100 valence electrons. The van der Waals surface area contributed by atoms with E-state index < -0.39 is 15.5 Å². The highest BCUT2D eigenvalue weighted by molar-refractivity contribution is 7.99. The maximum Gasteiger partial charge on any atom is 0.267 e. The highest BCUT2D eigenvalue weighted by atomic mass is 32.2. The average Bonchev–Trinajstić information content (AvgIpc) is 2.39. The summed E-state index contributed by atoms with van der Waals surface area (Å²) >= 11 is 1.42. The Bertz CT molecular complexity index is 738. The summed E-state index contributed by atoms with van der Waals surface area (Å²) < 4.78 is 26.7. The normalized spacial score (nSPS) is 11.2. The lowest BCUT2D eigenvalue weighted by atomic mass is 10.3. The molecule has 1 heterocycles. The van der Waals surface area contributed by atoms with Crippen molar-refractivity contribution in [3.63, 3.8) is 0 Å². The van der Waals surface area contributed by atoms with E-state index in [9.17, 15) is 13.2 Å². The van der Waals surface area contributed by atoms with Gasteiger partial charge < -0.3 is 4.98 Å². The summed E-state index contributed by atoms with van der Waals surface area (Å²) in [5.74, 6) is 0. The van der Waals surface area contributed by atoms with Gasteiger partial charge in [0.2, 0.25) is 5.43 Å². The Labute approximate surface area is 115 Å². The van der Waals surface area contributed by atoms with Gasteiger partial charge in [-0.2, -0.15) is 0 Å². The molecule has 0 spiro atoms. The molecule has 0 bridgehead atoms. The first-order valence-electron chi connectivity index (χ1n) is 5.37. The molecule has 2 rings (SSSR count). The molecule has 0 aliphatic rings. The Morgan fingerprint density at radius 2 is 1.95 bits per heavy atom. The quantitative estimate of drug-likeness (QED) is 0.845. The fourth-order valence-corrected chi connectivity index (χ4v) is 3.29. The number of H-pyrrole nitrogens is 1. The van der Waals surface area contributed by atoms with E-state index in [0.29, 0.717) is 5.69 Å². The molecule has 0 saturated carbocycles. The van der Waals surface area contributed by atoms with Crippen molar-refractivity contribution in [2.24, 2.45) is 0 Å². The lowest BCUT2D eigenvalue weighted by molar-refractivity contribution is 0.600. The number of rotatable bonds is 4. The van der Waals surface area contributed by atoms with E-state index in [0.717, 1.165) is 4.90 Å². The van der Waals surface area contributed by atoms with Crippen LogP contribution in [0, 0.1) is 0 Å². The Balaban J connectivity index is 2.43. The lowest BCUT2D eigenvalue weighted by Crippen LogP contribution is -2.21. The van der Waals surface area contributed by atoms with Gasteiger partial charge in [0.1, 0.15) is 0 Å². The van der Waals surface area contributed by atoms with Crippen molar-refractivity contribution < 1.29 is 8.42 Å². The van der Waals surface area contributed by atoms with Crippen LogP contribution in [-0.4, -0.2) is 19.7 Å². The standard InChI is InChI=1S/C12H12N2O3S2/c1-18-11-5-3-2-4-9(11)14-19(16,17)12-8-13-7-6-10(12)15/h2-8,14H,1H3,(H,13,15). The molecule has 0 fully saturated rings. The summed E-state index contributed by atoms with van der Waals surface area (Å²) in [6.07, 6.45) is 4.41. The van der Waals surface area contributed by atoms with Crippen LogP contribution in [0.15, 0.2) is 57.3 Å². The molecule has 19 heavy (non-hydrogen) atoms. The largest absolute Gasteiger partial charge is 0.366 e. The third-order valence-electron chi connectivity index (χ3n) is 2.43. The number of pyridine rings is 1. The van der Waals surface area contributed by atoms with E-state index in [2.05, 4.69) is 9.71 Å². The fourth-order valence-electron chi connectivity index (χ4n) is 1.54. The molecule has 0 aliphatic heterocycles. The monoisotopic (exact) mass is 296 g/mol. The van der Waals surface area contributed by atoms with Gasteiger partial charge in [0.15, 0.2) is 4.90 Å². The molecule has 5 nitrogen and oxygen atoms in total. The molecule has 2 aromatic rings. The number of anilines is 1. The average molecular weight is 296 g/mol. The van der Waals surface area contributed by atoms with Gasteiger partial charge >= 0.3 is 0 Å². The number of hydrogen-bond donors (Lipinski definition) is 2. The van der Waals surface area contributed by atoms with E-state index >= 15 is 0 Å². The van der Waals surface area contributed by atoms with Crippen molar-refractivity contribution in [1.82, 2.24) is 4.98 Å². The third kappa shape index (κ3) is 2.99. The predicted octanol–water partition coefficient (Wildman–Crippen LogP) is 1.90. The molecule has 0 amide bonds. The smallest absolute Gasteiger partial charge is 0.267 e. The third-order valence-corrected chi connectivity index (χ3v) is 4.61. The highest BCUT2D eigenvalue weighted by Crippen LogP contribution is 2.26. The van der Waals surface area contributed by atoms with Crippen LogP contribution in [0.2, 0.25) is 0 Å². The summed E-state index contributed by atoms with van der Waals surface area (Å²) in [6.45, 7) is 0. The van der Waals surface area contributed by atoms with Gasteiger partial charge in [0.05, 0.1) is 5.69 Å². The molecule has 0 radical (unpaired) electrons. The van der Waals surface area contributed by atoms with Crippen LogP contribution in [0.25, 0.3) is 0 Å². The van der Waals surface area contributed by atoms with Gasteiger partial charge in [0.25, 0.3) is 10.0 Å². The first-order chi connectivity index (χ1) is 9.04. The maximum absolute atomic E-state index is 12.2. The molecular weight excluding hydrogens is 284 g/mol. The van der Waals surface area contributed by atoms with Crippen molar-refractivity contribution in [1.29, 1.82) is 0 Å². The van der Waals surface area contributed by atoms with Crippen molar-refractivity contribution in [3.05, 3.63) is 52.9 Å². The summed E-state index contributed by atoms with van der Waals surface area (Å²) in [4.78, 5) is 14.7. The number of benzene rings is 1. The molecule has 0 aliphatic carbocycles. The van der Waals surface area contributed by atoms with Gasteiger partial charge in [-0.1, -0.05) is 12.1 Å². The summed E-state index contributed by atoms with van der Waals surface area (Å²) in [5.41, 5.74) is -0.0915. The van der Waals surface area contributed by atoms with E-state index in [-0.39, 0.29) is 4.90 Å². The predicted molar refractivity (Wildman–Crippen MR) is 76.1 cm³/mol. The van der Waals surface area contributed by atoms with E-state index in [1.54, 1.807) is 18.2 Å². The minimum absolute atomic E-state index is 0.300. The van der Waals surface area contributed by atoms with Crippen LogP contribution in [0.4, 0.5) is 5.69 Å². The van der Waals surface area contributed by atoms with E-state index in [1.165, 1.54) is 30.2 Å². The second-order valence-electron chi connectivity index (χ2n) is 3.68. The van der Waals surface area contributed by atoms with Crippen molar-refractivity contribution >= 4 is 27.5 Å². The topological polar surface area (TPSA) is 79.0 Å². The molecule has 1 aromatic heterocycles. The summed E-state index contributed by atoms with van der Waals surface area (Å²) in [5, 5.41) is 0. The lowest BCUT2D eigenvalue weighted by Gasteiger charge is -2.10. The fraction of sp³-hybridized carbons (Fsp3) is 0.0833. The Hall–Kier alpha value is -1.73. The van der Waals surface area contributed by atoms with Gasteiger partial charge in [0, 0.05) is 23.4 Å². The molecular formula is C12H12N2O3S2. The first kappa shape index (κ1) is 13.7. The molecule has 0 saturated heterocycles. The zero-order valence-electron chi connectivity index (χ0n) is 10.1. The minimum atomic E-state index is -3.88. The number of sulfonamides is 1. The molecule has 7 heteroatoms. The number of nitrogens with one attached hydrogen (secondary N) is 2. The second-order valence-corrected chi connectivity index (χ2v) is 6.18. The highest BCUT2D eigenvalue weighted by Gasteiger charge is 2.18. The van der Waals surface area contributed by atoms with Crippen LogP contribution in [-0.2, 0) is 10.0 Å². The SMILES string of the molecule is CSc1ccccc1NS(=O)(=O)c1c[nH]ccc1=O. The Morgan fingerprint density at radius 3 is 2.63 bits per heavy atom. The maximum atomic E-state index is 12.2. The van der Waals surface area contributed by atoms with Gasteiger partial charge in [-0.15, -0.1) is 11.8 Å². The Kier molecular flexibility index (Phi) is 3.96. The minimum Gasteiger partial charge on any atom is -0.366 e. The molecule has 0 atom stereocenters. The number of thioether (sulfide) groups is 1. The van der Waals surface area contributed by atoms with Crippen LogP contribution in [0.1, 0.15) is 0 Å². The first-order valence-corrected chi connectivity index (χ1v) is 8.08. The van der Waals surface area contributed by atoms with Crippen LogP contribution >= 0.6 is 11.8 Å². The van der Waals surface area contributed by atoms with Crippen LogP contribution < -0.4 is 10.2 Å². The zero-order chi connectivity index (χ0) is 13.9. The van der Waals surface area contributed by atoms with Crippen molar-refractivity contribution in [2.45, 2.75) is 9.79 Å². The zero-order valence-corrected chi connectivity index (χ0v) is 11.7. The van der Waals surface area contributed by atoms with Crippen molar-refractivity contribution in [3.8, 4) is 0 Å². The van der Waals surface area contributed by atoms with Crippen molar-refractivity contribution in [2.75, 3.05) is 11.0 Å². The summed E-state index contributed by atoms with van der Waals surface area (Å²) in [6, 6.07) is 8.18. The van der Waals surface area contributed by atoms with E-state index in [4.69, 9.17) is 0 Å². The van der Waals surface area contributed by atoms with Crippen LogP contribution in [0.3, 0.4) is 0 Å². The van der Waals surface area contributed by atoms with Gasteiger partial charge in [-0.25, -0.2) is 8.42 Å². The molecule has 2 N–H and O–H groups in total. The molecule has 0 unspecified atom stereocenters. The van der Waals surface area contributed by atoms with Gasteiger partial charge in [-0.3, -0.25) is 9.52 Å². The number of para-hydroxylation sites is 1. The number of aromatic amines is 1. The molecule has 1 aromatic carbocycles. The number of aromatic nitrogens is 1.